The smallest absolute Gasteiger partial charge is 0.340 e. The summed E-state index contributed by atoms with van der Waals surface area (Å²) in [6.45, 7) is 4.59. The van der Waals surface area contributed by atoms with Crippen LogP contribution in [0.5, 0.6) is 0 Å². The van der Waals surface area contributed by atoms with Crippen molar-refractivity contribution >= 4 is 46.7 Å². The van der Waals surface area contributed by atoms with Crippen LogP contribution in [0.1, 0.15) is 42.6 Å². The van der Waals surface area contributed by atoms with E-state index in [1.54, 1.807) is 30.3 Å². The van der Waals surface area contributed by atoms with Gasteiger partial charge in [-0.15, -0.1) is 0 Å². The fraction of sp³-hybridized carbons (Fsp3) is 0.171. The molecule has 1 heterocycles. The summed E-state index contributed by atoms with van der Waals surface area (Å²) in [6.07, 6.45) is 3.42. The number of nitrogens with zero attached hydrogens (tertiary/aromatic N) is 3. The zero-order valence-corrected chi connectivity index (χ0v) is 23.8. The van der Waals surface area contributed by atoms with E-state index >= 15 is 0 Å². The van der Waals surface area contributed by atoms with Crippen LogP contribution in [0.15, 0.2) is 120 Å². The van der Waals surface area contributed by atoms with Gasteiger partial charge in [0.05, 0.1) is 17.9 Å². The van der Waals surface area contributed by atoms with Gasteiger partial charge in [-0.25, -0.2) is 4.79 Å². The van der Waals surface area contributed by atoms with Crippen molar-refractivity contribution in [1.82, 2.24) is 4.90 Å². The highest BCUT2D eigenvalue weighted by Gasteiger charge is 2.34. The standard InChI is InChI=1S/C35H33N3O4/c1-3-5-24-41-34(40)30-18-12-13-19-31(30)36-35-37(4-2)33(39)32(42-35)25-26-20-22-29(23-21-26)38(27-14-8-6-9-15-27)28-16-10-7-11-17-28/h6-23,25H,3-5,24H2,1-2H3/b32-25+,36-35?. The van der Waals surface area contributed by atoms with E-state index in [-0.39, 0.29) is 17.7 Å². The summed E-state index contributed by atoms with van der Waals surface area (Å²) in [4.78, 5) is 34.1. The van der Waals surface area contributed by atoms with Crippen molar-refractivity contribution in [2.45, 2.75) is 26.7 Å². The second-order valence-electron chi connectivity index (χ2n) is 9.66. The van der Waals surface area contributed by atoms with Crippen molar-refractivity contribution in [3.8, 4) is 0 Å². The number of hydrogen-bond acceptors (Lipinski definition) is 6. The Morgan fingerprint density at radius 2 is 1.43 bits per heavy atom. The minimum absolute atomic E-state index is 0.124. The predicted octanol–water partition coefficient (Wildman–Crippen LogP) is 8.02. The second-order valence-corrected chi connectivity index (χ2v) is 9.66. The Balaban J connectivity index is 1.40. The van der Waals surface area contributed by atoms with Gasteiger partial charge in [0.15, 0.2) is 5.76 Å². The number of rotatable bonds is 10. The lowest BCUT2D eigenvalue weighted by Gasteiger charge is -2.25. The first-order valence-electron chi connectivity index (χ1n) is 14.2. The number of amides is 1. The highest BCUT2D eigenvalue weighted by atomic mass is 16.5. The molecule has 0 N–H and O–H groups in total. The predicted molar refractivity (Wildman–Crippen MR) is 166 cm³/mol. The first-order chi connectivity index (χ1) is 20.6. The molecule has 5 rings (SSSR count). The van der Waals surface area contributed by atoms with Crippen LogP contribution in [0.2, 0.25) is 0 Å². The van der Waals surface area contributed by atoms with Gasteiger partial charge in [0.1, 0.15) is 0 Å². The van der Waals surface area contributed by atoms with E-state index in [1.165, 1.54) is 4.90 Å². The molecule has 1 aliphatic heterocycles. The van der Waals surface area contributed by atoms with E-state index in [0.29, 0.717) is 24.4 Å². The molecule has 7 nitrogen and oxygen atoms in total. The van der Waals surface area contributed by atoms with Gasteiger partial charge in [-0.1, -0.05) is 74.0 Å². The number of aliphatic imine (C=N–C) groups is 1. The molecule has 0 bridgehead atoms. The molecule has 0 atom stereocenters. The molecule has 7 heteroatoms. The summed E-state index contributed by atoms with van der Waals surface area (Å²) in [5, 5.41) is 0. The minimum atomic E-state index is -0.452. The third kappa shape index (κ3) is 6.41. The molecule has 4 aromatic carbocycles. The summed E-state index contributed by atoms with van der Waals surface area (Å²) >= 11 is 0. The number of unbranched alkanes of at least 4 members (excludes halogenated alkanes) is 1. The van der Waals surface area contributed by atoms with Crippen LogP contribution in [0, 0.1) is 0 Å². The van der Waals surface area contributed by atoms with Crippen molar-refractivity contribution < 1.29 is 19.1 Å². The van der Waals surface area contributed by atoms with Crippen molar-refractivity contribution in [1.29, 1.82) is 0 Å². The maximum absolute atomic E-state index is 13.2. The van der Waals surface area contributed by atoms with Crippen LogP contribution in [0.4, 0.5) is 22.7 Å². The van der Waals surface area contributed by atoms with Crippen LogP contribution < -0.4 is 4.90 Å². The Kier molecular flexibility index (Phi) is 9.09. The maximum atomic E-state index is 13.2. The van der Waals surface area contributed by atoms with Crippen LogP contribution in [0.25, 0.3) is 6.08 Å². The topological polar surface area (TPSA) is 71.4 Å². The van der Waals surface area contributed by atoms with Gasteiger partial charge in [-0.05, 0) is 73.5 Å². The molecule has 1 amide bonds. The summed E-state index contributed by atoms with van der Waals surface area (Å²) < 4.78 is 11.3. The minimum Gasteiger partial charge on any atom is -0.462 e. The number of anilines is 3. The Bertz CT molecular complexity index is 1540. The fourth-order valence-corrected chi connectivity index (χ4v) is 4.58. The monoisotopic (exact) mass is 559 g/mol. The number of esters is 1. The molecule has 0 saturated carbocycles. The maximum Gasteiger partial charge on any atom is 0.340 e. The number of carbonyl (C=O) groups is 2. The fourth-order valence-electron chi connectivity index (χ4n) is 4.58. The van der Waals surface area contributed by atoms with E-state index in [2.05, 4.69) is 34.2 Å². The molecular weight excluding hydrogens is 526 g/mol. The Morgan fingerprint density at radius 1 is 0.833 bits per heavy atom. The molecule has 0 aliphatic carbocycles. The molecule has 212 valence electrons. The number of amidine groups is 1. The molecule has 42 heavy (non-hydrogen) atoms. The number of ether oxygens (including phenoxy) is 2. The van der Waals surface area contributed by atoms with Gasteiger partial charge in [-0.3, -0.25) is 9.69 Å². The highest BCUT2D eigenvalue weighted by molar-refractivity contribution is 6.12. The lowest BCUT2D eigenvalue weighted by molar-refractivity contribution is -0.122. The number of hydrogen-bond donors (Lipinski definition) is 0. The van der Waals surface area contributed by atoms with Crippen molar-refractivity contribution in [2.24, 2.45) is 4.99 Å². The lowest BCUT2D eigenvalue weighted by atomic mass is 10.1. The molecule has 1 fully saturated rings. The van der Waals surface area contributed by atoms with E-state index in [4.69, 9.17) is 9.47 Å². The molecule has 0 aromatic heterocycles. The molecule has 0 unspecified atom stereocenters. The van der Waals surface area contributed by atoms with E-state index < -0.39 is 5.97 Å². The third-order valence-corrected chi connectivity index (χ3v) is 6.75. The average molecular weight is 560 g/mol. The molecule has 4 aromatic rings. The molecule has 1 aliphatic rings. The van der Waals surface area contributed by atoms with Gasteiger partial charge in [0.2, 0.25) is 0 Å². The Labute approximate surface area is 246 Å². The van der Waals surface area contributed by atoms with Crippen molar-refractivity contribution in [3.05, 3.63) is 126 Å². The molecular formula is C35H33N3O4. The molecule has 0 spiro atoms. The second kappa shape index (κ2) is 13.5. The molecule has 0 radical (unpaired) electrons. The lowest BCUT2D eigenvalue weighted by Crippen LogP contribution is -2.29. The normalized spacial score (nSPS) is 14.7. The van der Waals surface area contributed by atoms with Crippen LogP contribution in [-0.2, 0) is 14.3 Å². The summed E-state index contributed by atoms with van der Waals surface area (Å²) in [7, 11) is 0. The SMILES string of the molecule is CCCCOC(=O)c1ccccc1N=C1O/C(=C/c2ccc(N(c3ccccc3)c3ccccc3)cc2)C(=O)N1CC. The van der Waals surface area contributed by atoms with E-state index in [9.17, 15) is 9.59 Å². The van der Waals surface area contributed by atoms with Crippen molar-refractivity contribution in [2.75, 3.05) is 18.1 Å². The zero-order chi connectivity index (χ0) is 29.3. The number of benzene rings is 4. The zero-order valence-electron chi connectivity index (χ0n) is 23.8. The van der Waals surface area contributed by atoms with Crippen LogP contribution >= 0.6 is 0 Å². The number of carbonyl (C=O) groups excluding carboxylic acids is 2. The van der Waals surface area contributed by atoms with Gasteiger partial charge < -0.3 is 14.4 Å². The third-order valence-electron chi connectivity index (χ3n) is 6.75. The van der Waals surface area contributed by atoms with E-state index in [1.807, 2.05) is 74.5 Å². The molecule has 1 saturated heterocycles. The van der Waals surface area contributed by atoms with Crippen LogP contribution in [0.3, 0.4) is 0 Å². The number of para-hydroxylation sites is 3. The van der Waals surface area contributed by atoms with Crippen LogP contribution in [-0.4, -0.2) is 35.9 Å². The van der Waals surface area contributed by atoms with Gasteiger partial charge in [-0.2, -0.15) is 4.99 Å². The Morgan fingerprint density at radius 3 is 2.05 bits per heavy atom. The average Bonchev–Trinajstić information content (AvgIpc) is 3.32. The van der Waals surface area contributed by atoms with Gasteiger partial charge in [0.25, 0.3) is 5.91 Å². The summed E-state index contributed by atoms with van der Waals surface area (Å²) in [6, 6.07) is 35.3. The van der Waals surface area contributed by atoms with Gasteiger partial charge >= 0.3 is 12.0 Å². The first kappa shape index (κ1) is 28.4. The number of likely N-dealkylation sites (N-methyl/N-ethyl adjacent to an activating group) is 1. The Hall–Kier alpha value is -5.17. The first-order valence-corrected chi connectivity index (χ1v) is 14.2. The van der Waals surface area contributed by atoms with E-state index in [0.717, 1.165) is 35.5 Å². The summed E-state index contributed by atoms with van der Waals surface area (Å²) in [5.74, 6) is -0.584. The summed E-state index contributed by atoms with van der Waals surface area (Å²) in [5.41, 5.74) is 4.57. The van der Waals surface area contributed by atoms with Crippen molar-refractivity contribution in [3.63, 3.8) is 0 Å². The highest BCUT2D eigenvalue weighted by Crippen LogP contribution is 2.34. The quantitative estimate of drug-likeness (QED) is 0.112. The van der Waals surface area contributed by atoms with Gasteiger partial charge in [0, 0.05) is 23.6 Å². The largest absolute Gasteiger partial charge is 0.462 e.